The van der Waals surface area contributed by atoms with Gasteiger partial charge in [0.15, 0.2) is 5.76 Å². The second-order valence-electron chi connectivity index (χ2n) is 8.86. The molecule has 0 aliphatic carbocycles. The average molecular weight is 471 g/mol. The number of Topliss-reactive ketones (excluding diaryl/α,β-unsaturated/α-hetero) is 1. The summed E-state index contributed by atoms with van der Waals surface area (Å²) in [4.78, 5) is 25.2. The van der Waals surface area contributed by atoms with Crippen LogP contribution in [-0.2, 0) is 11.2 Å². The zero-order chi connectivity index (χ0) is 24.5. The molecule has 0 N–H and O–H groups in total. The van der Waals surface area contributed by atoms with E-state index in [4.69, 9.17) is 18.9 Å². The van der Waals surface area contributed by atoms with Crippen LogP contribution in [0.4, 0.5) is 0 Å². The number of allylic oxidation sites excluding steroid dienone is 2. The Hall–Kier alpha value is -4.06. The average Bonchev–Trinajstić information content (AvgIpc) is 3.21. The Balaban J connectivity index is 1.35. The number of methoxy groups -OCH3 is 1. The van der Waals surface area contributed by atoms with Crippen molar-refractivity contribution in [3.05, 3.63) is 94.2 Å². The number of carbonyl (C=O) groups is 2. The van der Waals surface area contributed by atoms with Gasteiger partial charge in [-0.15, -0.1) is 0 Å². The maximum absolute atomic E-state index is 12.8. The SMILES string of the molecule is COc1ccc(CCOc2ccc([C@H]3CC(=O)Oc4ccc5c(c43)OC(=C(C)C)C5=O)cc2)cc1. The Labute approximate surface area is 204 Å². The Kier molecular flexibility index (Phi) is 6.03. The highest BCUT2D eigenvalue weighted by Gasteiger charge is 2.38. The second-order valence-corrected chi connectivity index (χ2v) is 8.86. The number of carbonyl (C=O) groups excluding carboxylic acids is 2. The molecule has 178 valence electrons. The molecule has 2 aliphatic rings. The Morgan fingerprint density at radius 1 is 0.914 bits per heavy atom. The predicted octanol–water partition coefficient (Wildman–Crippen LogP) is 5.63. The van der Waals surface area contributed by atoms with Crippen LogP contribution in [0.25, 0.3) is 0 Å². The molecule has 0 fully saturated rings. The number of hydrogen-bond acceptors (Lipinski definition) is 6. The first-order chi connectivity index (χ1) is 16.9. The summed E-state index contributed by atoms with van der Waals surface area (Å²) in [5.41, 5.74) is 4.14. The normalized spacial score (nSPS) is 16.2. The Bertz CT molecular complexity index is 1310. The van der Waals surface area contributed by atoms with Crippen molar-refractivity contribution in [3.8, 4) is 23.0 Å². The number of ether oxygens (including phenoxy) is 4. The van der Waals surface area contributed by atoms with E-state index >= 15 is 0 Å². The van der Waals surface area contributed by atoms with Crippen molar-refractivity contribution in [2.24, 2.45) is 0 Å². The van der Waals surface area contributed by atoms with Crippen LogP contribution in [0.3, 0.4) is 0 Å². The number of ketones is 1. The molecular formula is C29H26O6. The molecule has 35 heavy (non-hydrogen) atoms. The summed E-state index contributed by atoms with van der Waals surface area (Å²) in [6, 6.07) is 19.0. The van der Waals surface area contributed by atoms with Crippen molar-refractivity contribution in [1.29, 1.82) is 0 Å². The summed E-state index contributed by atoms with van der Waals surface area (Å²) in [5.74, 6) is 2.11. The molecule has 0 unspecified atom stereocenters. The lowest BCUT2D eigenvalue weighted by Gasteiger charge is -2.26. The molecule has 2 aliphatic heterocycles. The van der Waals surface area contributed by atoms with Crippen LogP contribution in [0, 0.1) is 0 Å². The van der Waals surface area contributed by atoms with Gasteiger partial charge in [-0.25, -0.2) is 0 Å². The third-order valence-electron chi connectivity index (χ3n) is 6.31. The molecule has 0 amide bonds. The lowest BCUT2D eigenvalue weighted by Crippen LogP contribution is -2.21. The number of benzene rings is 3. The number of rotatable bonds is 6. The van der Waals surface area contributed by atoms with Crippen LogP contribution in [0.2, 0.25) is 0 Å². The maximum Gasteiger partial charge on any atom is 0.312 e. The van der Waals surface area contributed by atoms with Gasteiger partial charge in [0.2, 0.25) is 5.78 Å². The van der Waals surface area contributed by atoms with Gasteiger partial charge in [0, 0.05) is 17.9 Å². The third-order valence-corrected chi connectivity index (χ3v) is 6.31. The van der Waals surface area contributed by atoms with Crippen molar-refractivity contribution in [2.75, 3.05) is 13.7 Å². The van der Waals surface area contributed by atoms with Crippen LogP contribution >= 0.6 is 0 Å². The van der Waals surface area contributed by atoms with Gasteiger partial charge in [-0.3, -0.25) is 9.59 Å². The van der Waals surface area contributed by atoms with Gasteiger partial charge in [-0.2, -0.15) is 0 Å². The van der Waals surface area contributed by atoms with Gasteiger partial charge >= 0.3 is 5.97 Å². The van der Waals surface area contributed by atoms with E-state index in [-0.39, 0.29) is 24.1 Å². The number of esters is 1. The molecule has 5 rings (SSSR count). The molecule has 6 nitrogen and oxygen atoms in total. The monoisotopic (exact) mass is 470 g/mol. The molecule has 0 aromatic heterocycles. The van der Waals surface area contributed by atoms with Crippen LogP contribution in [0.1, 0.15) is 53.2 Å². The van der Waals surface area contributed by atoms with Crippen molar-refractivity contribution in [3.63, 3.8) is 0 Å². The second kappa shape index (κ2) is 9.29. The van der Waals surface area contributed by atoms with E-state index in [1.807, 2.05) is 62.4 Å². The van der Waals surface area contributed by atoms with Gasteiger partial charge in [0.1, 0.15) is 23.0 Å². The smallest absolute Gasteiger partial charge is 0.312 e. The van der Waals surface area contributed by atoms with Gasteiger partial charge in [0.05, 0.1) is 25.7 Å². The van der Waals surface area contributed by atoms with Gasteiger partial charge in [0.25, 0.3) is 0 Å². The highest BCUT2D eigenvalue weighted by molar-refractivity contribution is 6.13. The maximum atomic E-state index is 12.8. The minimum Gasteiger partial charge on any atom is -0.497 e. The van der Waals surface area contributed by atoms with Gasteiger partial charge in [-0.1, -0.05) is 24.3 Å². The first-order valence-electron chi connectivity index (χ1n) is 11.6. The first-order valence-corrected chi connectivity index (χ1v) is 11.6. The summed E-state index contributed by atoms with van der Waals surface area (Å²) >= 11 is 0. The molecule has 3 aromatic rings. The Morgan fingerprint density at radius 3 is 2.31 bits per heavy atom. The lowest BCUT2D eigenvalue weighted by atomic mass is 9.84. The van der Waals surface area contributed by atoms with Crippen LogP contribution in [-0.4, -0.2) is 25.5 Å². The third kappa shape index (κ3) is 4.39. The summed E-state index contributed by atoms with van der Waals surface area (Å²) in [7, 11) is 1.65. The molecule has 0 spiro atoms. The van der Waals surface area contributed by atoms with E-state index in [0.29, 0.717) is 29.4 Å². The number of hydrogen-bond donors (Lipinski definition) is 0. The molecular weight excluding hydrogens is 444 g/mol. The zero-order valence-corrected chi connectivity index (χ0v) is 19.9. The topological polar surface area (TPSA) is 71.1 Å². The first kappa shape index (κ1) is 22.7. The quantitative estimate of drug-likeness (QED) is 0.264. The van der Waals surface area contributed by atoms with E-state index in [0.717, 1.165) is 34.6 Å². The summed E-state index contributed by atoms with van der Waals surface area (Å²) in [6.07, 6.45) is 0.945. The van der Waals surface area contributed by atoms with Crippen molar-refractivity contribution < 1.29 is 28.5 Å². The van der Waals surface area contributed by atoms with E-state index in [1.54, 1.807) is 19.2 Å². The van der Waals surface area contributed by atoms with E-state index < -0.39 is 0 Å². The standard InChI is InChI=1S/C29H26O6/c1-17(2)28-27(31)22-12-13-24-26(29(22)35-28)23(16-25(30)34-24)19-6-10-21(11-7-19)33-15-14-18-4-8-20(32-3)9-5-18/h4-13,23H,14-16H2,1-3H3/t23-/m1/s1. The van der Waals surface area contributed by atoms with Crippen molar-refractivity contribution >= 4 is 11.8 Å². The van der Waals surface area contributed by atoms with E-state index in [9.17, 15) is 9.59 Å². The zero-order valence-electron chi connectivity index (χ0n) is 19.9. The van der Waals surface area contributed by atoms with Crippen LogP contribution < -0.4 is 18.9 Å². The fourth-order valence-corrected chi connectivity index (χ4v) is 4.48. The molecule has 3 aromatic carbocycles. The van der Waals surface area contributed by atoms with E-state index in [2.05, 4.69) is 0 Å². The molecule has 1 atom stereocenters. The molecule has 0 saturated heterocycles. The summed E-state index contributed by atoms with van der Waals surface area (Å²) in [5, 5.41) is 0. The highest BCUT2D eigenvalue weighted by Crippen LogP contribution is 2.49. The number of fused-ring (bicyclic) bond motifs is 3. The molecule has 0 radical (unpaired) electrons. The lowest BCUT2D eigenvalue weighted by molar-refractivity contribution is -0.135. The van der Waals surface area contributed by atoms with Crippen molar-refractivity contribution in [2.45, 2.75) is 32.6 Å². The molecule has 2 heterocycles. The minimum atomic E-state index is -0.311. The fraction of sp³-hybridized carbons (Fsp3) is 0.241. The van der Waals surface area contributed by atoms with Crippen molar-refractivity contribution in [1.82, 2.24) is 0 Å². The van der Waals surface area contributed by atoms with E-state index in [1.165, 1.54) is 5.56 Å². The molecule has 6 heteroatoms. The van der Waals surface area contributed by atoms with Crippen LogP contribution in [0.5, 0.6) is 23.0 Å². The minimum absolute atomic E-state index is 0.140. The molecule has 0 bridgehead atoms. The van der Waals surface area contributed by atoms with Gasteiger partial charge in [-0.05, 0) is 66.9 Å². The van der Waals surface area contributed by atoms with Crippen LogP contribution in [0.15, 0.2) is 72.0 Å². The predicted molar refractivity (Wildman–Crippen MR) is 131 cm³/mol. The summed E-state index contributed by atoms with van der Waals surface area (Å²) < 4.78 is 22.6. The Morgan fingerprint density at radius 2 is 1.63 bits per heavy atom. The molecule has 0 saturated carbocycles. The largest absolute Gasteiger partial charge is 0.497 e. The highest BCUT2D eigenvalue weighted by atomic mass is 16.5. The van der Waals surface area contributed by atoms with Gasteiger partial charge < -0.3 is 18.9 Å². The fourth-order valence-electron chi connectivity index (χ4n) is 4.48. The summed E-state index contributed by atoms with van der Waals surface area (Å²) in [6.45, 7) is 4.23.